The normalized spacial score (nSPS) is 10.2. The smallest absolute Gasteiger partial charge is 0.287 e. The first-order valence-corrected chi connectivity index (χ1v) is 11.5. The van der Waals surface area contributed by atoms with Gasteiger partial charge in [-0.1, -0.05) is 7.43 Å². The molecule has 0 aliphatic rings. The Balaban J connectivity index is 0.000000185. The SMILES string of the molecule is C.O=Cc1[nH]nc2cc(Oc3ccc([N+](=O)[O-])cn3)ccc12.O=[N+]([O-])c1ccc(Oc2ccc3cc[nH]c3c2)nc1. The van der Waals surface area contributed by atoms with E-state index in [1.165, 1.54) is 30.5 Å². The van der Waals surface area contributed by atoms with E-state index in [2.05, 4.69) is 25.1 Å². The van der Waals surface area contributed by atoms with E-state index >= 15 is 0 Å². The Morgan fingerprint density at radius 2 is 1.39 bits per heavy atom. The number of hydrogen-bond donors (Lipinski definition) is 2. The molecule has 6 aromatic rings. The highest BCUT2D eigenvalue weighted by atomic mass is 16.6. The summed E-state index contributed by atoms with van der Waals surface area (Å²) in [6.07, 6.45) is 4.82. The molecule has 14 nitrogen and oxygen atoms in total. The number of pyridine rings is 2. The predicted octanol–water partition coefficient (Wildman–Crippen LogP) is 6.37. The standard InChI is InChI=1S/C13H8N4O4.C13H9N3O3.CH4/c18-7-12-10-3-2-9(5-11(10)15-16-12)21-13-4-1-8(6-14-13)17(19)20;17-16(18)10-2-4-13(15-8-10)19-11-3-1-9-5-6-14-12(9)7-11;/h1-7H,(H,15,16);1-8,14H;1H4. The number of nitro groups is 2. The van der Waals surface area contributed by atoms with Crippen molar-refractivity contribution in [1.29, 1.82) is 0 Å². The number of aromatic nitrogens is 5. The lowest BCUT2D eigenvalue weighted by Crippen LogP contribution is -1.91. The molecule has 4 aromatic heterocycles. The van der Waals surface area contributed by atoms with Crippen molar-refractivity contribution in [3.63, 3.8) is 0 Å². The van der Waals surface area contributed by atoms with Crippen LogP contribution in [0, 0.1) is 20.2 Å². The third-order valence-electron chi connectivity index (χ3n) is 5.51. The Labute approximate surface area is 230 Å². The molecule has 0 bridgehead atoms. The number of fused-ring (bicyclic) bond motifs is 2. The Bertz CT molecular complexity index is 1830. The van der Waals surface area contributed by atoms with E-state index in [9.17, 15) is 25.0 Å². The van der Waals surface area contributed by atoms with Crippen molar-refractivity contribution in [3.05, 3.63) is 111 Å². The van der Waals surface area contributed by atoms with Crippen molar-refractivity contribution in [3.8, 4) is 23.3 Å². The minimum absolute atomic E-state index is 0. The van der Waals surface area contributed by atoms with Gasteiger partial charge in [0.2, 0.25) is 11.8 Å². The molecule has 0 amide bonds. The molecule has 206 valence electrons. The molecular weight excluding hydrogens is 534 g/mol. The highest BCUT2D eigenvalue weighted by Crippen LogP contribution is 2.26. The van der Waals surface area contributed by atoms with Gasteiger partial charge in [0.1, 0.15) is 29.6 Å². The van der Waals surface area contributed by atoms with Gasteiger partial charge in [-0.2, -0.15) is 5.10 Å². The van der Waals surface area contributed by atoms with Crippen LogP contribution in [0.25, 0.3) is 21.8 Å². The van der Waals surface area contributed by atoms with Crippen LogP contribution in [0.2, 0.25) is 0 Å². The molecule has 2 N–H and O–H groups in total. The summed E-state index contributed by atoms with van der Waals surface area (Å²) in [6, 6.07) is 18.1. The molecule has 14 heteroatoms. The fourth-order valence-corrected chi connectivity index (χ4v) is 3.58. The van der Waals surface area contributed by atoms with Gasteiger partial charge in [-0.05, 0) is 35.7 Å². The highest BCUT2D eigenvalue weighted by Gasteiger charge is 2.09. The molecule has 0 aliphatic heterocycles. The zero-order chi connectivity index (χ0) is 28.1. The van der Waals surface area contributed by atoms with E-state index in [-0.39, 0.29) is 24.7 Å². The topological polar surface area (TPSA) is 192 Å². The van der Waals surface area contributed by atoms with Gasteiger partial charge in [0, 0.05) is 53.5 Å². The van der Waals surface area contributed by atoms with E-state index in [1.807, 2.05) is 30.5 Å². The van der Waals surface area contributed by atoms with Gasteiger partial charge in [-0.25, -0.2) is 9.97 Å². The molecule has 2 aromatic carbocycles. The van der Waals surface area contributed by atoms with E-state index in [0.717, 1.165) is 17.1 Å². The van der Waals surface area contributed by atoms with Gasteiger partial charge in [0.05, 0.1) is 15.4 Å². The van der Waals surface area contributed by atoms with Crippen molar-refractivity contribution in [1.82, 2.24) is 25.1 Å². The van der Waals surface area contributed by atoms with Gasteiger partial charge < -0.3 is 14.5 Å². The van der Waals surface area contributed by atoms with Crippen LogP contribution in [-0.2, 0) is 0 Å². The Morgan fingerprint density at radius 3 is 1.95 bits per heavy atom. The summed E-state index contributed by atoms with van der Waals surface area (Å²) in [5.41, 5.74) is 1.76. The molecule has 0 aliphatic carbocycles. The van der Waals surface area contributed by atoms with Gasteiger partial charge in [0.15, 0.2) is 6.29 Å². The van der Waals surface area contributed by atoms with Gasteiger partial charge in [-0.15, -0.1) is 0 Å². The average Bonchev–Trinajstić information content (AvgIpc) is 3.60. The number of nitrogens with one attached hydrogen (secondary N) is 2. The Morgan fingerprint density at radius 1 is 0.780 bits per heavy atom. The number of rotatable bonds is 7. The van der Waals surface area contributed by atoms with Gasteiger partial charge in [0.25, 0.3) is 11.4 Å². The minimum Gasteiger partial charge on any atom is -0.439 e. The lowest BCUT2D eigenvalue weighted by Gasteiger charge is -2.04. The van der Waals surface area contributed by atoms with E-state index in [4.69, 9.17) is 9.47 Å². The zero-order valence-electron chi connectivity index (χ0n) is 20.3. The quantitative estimate of drug-likeness (QED) is 0.127. The number of aldehydes is 1. The fourth-order valence-electron chi connectivity index (χ4n) is 3.58. The number of ether oxygens (including phenoxy) is 2. The third kappa shape index (κ3) is 6.46. The summed E-state index contributed by atoms with van der Waals surface area (Å²) in [5, 5.41) is 29.4. The number of hydrogen-bond acceptors (Lipinski definition) is 10. The van der Waals surface area contributed by atoms with Crippen molar-refractivity contribution in [2.45, 2.75) is 7.43 Å². The summed E-state index contributed by atoms with van der Waals surface area (Å²) in [5.74, 6) is 1.63. The first kappa shape index (κ1) is 27.8. The number of nitrogens with zero attached hydrogens (tertiary/aromatic N) is 5. The number of benzene rings is 2. The minimum atomic E-state index is -0.534. The fraction of sp³-hybridized carbons (Fsp3) is 0.0370. The van der Waals surface area contributed by atoms with Crippen molar-refractivity contribution in [2.75, 3.05) is 0 Å². The van der Waals surface area contributed by atoms with E-state index < -0.39 is 9.85 Å². The van der Waals surface area contributed by atoms with Crippen LogP contribution in [0.5, 0.6) is 23.3 Å². The van der Waals surface area contributed by atoms with E-state index in [0.29, 0.717) is 40.3 Å². The largest absolute Gasteiger partial charge is 0.439 e. The lowest BCUT2D eigenvalue weighted by atomic mass is 10.2. The maximum Gasteiger partial charge on any atom is 0.287 e. The molecule has 0 saturated carbocycles. The molecule has 41 heavy (non-hydrogen) atoms. The zero-order valence-corrected chi connectivity index (χ0v) is 20.3. The van der Waals surface area contributed by atoms with Crippen LogP contribution in [0.15, 0.2) is 85.3 Å². The number of carbonyl (C=O) groups excluding carboxylic acids is 1. The maximum atomic E-state index is 10.8. The third-order valence-corrected chi connectivity index (χ3v) is 5.51. The molecule has 0 unspecified atom stereocenters. The second-order valence-corrected chi connectivity index (χ2v) is 8.09. The Hall–Kier alpha value is -6.18. The molecular formula is C27H21N7O7. The summed E-state index contributed by atoms with van der Waals surface area (Å²) in [4.78, 5) is 41.6. The second kappa shape index (κ2) is 12.1. The summed E-state index contributed by atoms with van der Waals surface area (Å²) in [6.45, 7) is 0. The van der Waals surface area contributed by atoms with Crippen LogP contribution in [0.4, 0.5) is 11.4 Å². The monoisotopic (exact) mass is 555 g/mol. The lowest BCUT2D eigenvalue weighted by molar-refractivity contribution is -0.385. The molecule has 0 atom stereocenters. The summed E-state index contributed by atoms with van der Waals surface area (Å²) >= 11 is 0. The first-order valence-electron chi connectivity index (χ1n) is 11.5. The van der Waals surface area contributed by atoms with Crippen molar-refractivity contribution < 1.29 is 24.1 Å². The maximum absolute atomic E-state index is 10.8. The molecule has 0 spiro atoms. The molecule has 6 rings (SSSR count). The van der Waals surface area contributed by atoms with Gasteiger partial charge in [-0.3, -0.25) is 30.1 Å². The number of aromatic amines is 2. The molecule has 0 fully saturated rings. The molecule has 0 radical (unpaired) electrons. The predicted molar refractivity (Wildman–Crippen MR) is 148 cm³/mol. The van der Waals surface area contributed by atoms with Crippen LogP contribution in [0.1, 0.15) is 17.9 Å². The van der Waals surface area contributed by atoms with E-state index in [1.54, 1.807) is 18.2 Å². The molecule has 0 saturated heterocycles. The average molecular weight is 556 g/mol. The van der Waals surface area contributed by atoms with Crippen LogP contribution in [0.3, 0.4) is 0 Å². The van der Waals surface area contributed by atoms with Crippen LogP contribution < -0.4 is 9.47 Å². The first-order chi connectivity index (χ1) is 19.4. The summed E-state index contributed by atoms with van der Waals surface area (Å²) in [7, 11) is 0. The second-order valence-electron chi connectivity index (χ2n) is 8.09. The summed E-state index contributed by atoms with van der Waals surface area (Å²) < 4.78 is 11.0. The van der Waals surface area contributed by atoms with Crippen molar-refractivity contribution in [2.24, 2.45) is 0 Å². The van der Waals surface area contributed by atoms with Crippen LogP contribution >= 0.6 is 0 Å². The number of carbonyl (C=O) groups is 1. The Kier molecular flexibility index (Phi) is 8.23. The molecule has 4 heterocycles. The van der Waals surface area contributed by atoms with Gasteiger partial charge >= 0.3 is 0 Å². The van der Waals surface area contributed by atoms with Crippen molar-refractivity contribution >= 4 is 39.5 Å². The highest BCUT2D eigenvalue weighted by molar-refractivity contribution is 5.95. The number of H-pyrrole nitrogens is 2. The van der Waals surface area contributed by atoms with Crippen LogP contribution in [-0.4, -0.2) is 41.3 Å².